The second-order valence-corrected chi connectivity index (χ2v) is 23.8. The minimum atomic E-state index is -2.95. The number of aromatic nitrogens is 2. The van der Waals surface area contributed by atoms with Crippen LogP contribution in [0.25, 0.3) is 0 Å². The molecule has 1 saturated carbocycles. The van der Waals surface area contributed by atoms with Crippen LogP contribution in [0.15, 0.2) is 34.0 Å². The van der Waals surface area contributed by atoms with Crippen molar-refractivity contribution >= 4 is 37.2 Å². The average Bonchev–Trinajstić information content (AvgIpc) is 3.23. The highest BCUT2D eigenvalue weighted by atomic mass is 32.9. The summed E-state index contributed by atoms with van der Waals surface area (Å²) in [6, 6.07) is 1.16. The fraction of sp³-hybridized carbons (Fsp3) is 0.760. The van der Waals surface area contributed by atoms with Crippen LogP contribution in [0, 0.1) is 5.92 Å². The van der Waals surface area contributed by atoms with Crippen molar-refractivity contribution < 1.29 is 22.6 Å². The molecule has 0 radical (unpaired) electrons. The number of halogens is 1. The highest BCUT2D eigenvalue weighted by Crippen LogP contribution is 2.76. The normalized spacial score (nSPS) is 37.8. The van der Waals surface area contributed by atoms with Gasteiger partial charge in [0, 0.05) is 17.0 Å². The zero-order valence-electron chi connectivity index (χ0n) is 23.2. The van der Waals surface area contributed by atoms with E-state index >= 15 is 4.39 Å². The van der Waals surface area contributed by atoms with Gasteiger partial charge in [-0.2, -0.15) is 0 Å². The van der Waals surface area contributed by atoms with Crippen molar-refractivity contribution in [3.05, 3.63) is 45.3 Å². The van der Waals surface area contributed by atoms with Gasteiger partial charge in [-0.15, -0.1) is 0 Å². The smallest absolute Gasteiger partial charge is 0.330 e. The monoisotopic (exact) mass is 606 g/mol. The average molecular weight is 607 g/mol. The summed E-state index contributed by atoms with van der Waals surface area (Å²) >= 11 is 7.47. The summed E-state index contributed by atoms with van der Waals surface area (Å²) < 4.78 is 42.3. The summed E-state index contributed by atoms with van der Waals surface area (Å²) in [6.45, 7) is 19.0. The molecule has 3 heterocycles. The molecule has 38 heavy (non-hydrogen) atoms. The number of hydrogen-bond donors (Lipinski definition) is 1. The minimum absolute atomic E-state index is 0.0624. The van der Waals surface area contributed by atoms with Crippen molar-refractivity contribution in [1.82, 2.24) is 9.55 Å². The largest absolute Gasteiger partial charge is 0.414 e. The number of allylic oxidation sites excluding steroid dienone is 1. The van der Waals surface area contributed by atoms with Gasteiger partial charge in [0.2, 0.25) is 5.69 Å². The predicted molar refractivity (Wildman–Crippen MR) is 155 cm³/mol. The minimum Gasteiger partial charge on any atom is -0.414 e. The molecule has 8 nitrogen and oxygen atoms in total. The van der Waals surface area contributed by atoms with Crippen LogP contribution < -0.4 is 11.2 Å². The number of ether oxygens (including phenoxy) is 1. The number of H-pyrrole nitrogens is 1. The van der Waals surface area contributed by atoms with Crippen LogP contribution >= 0.6 is 17.1 Å². The number of nitrogens with zero attached hydrogens (tertiary/aromatic N) is 1. The standard InChI is InChI=1S/C25H40FN2O6PS2Si/c1-15(2)16-9-11-25(6)18(13-16)33-35(36,37-25)34-21-17(14-31-38(7,8)24(3,4)5)32-22(20(21)26)28-12-10-19(29)27-23(28)30/h10,12,16-18,20-22H,1,9,11,13-14H2,2-8H3,(H,27,29,30)/t16-,17+,18+,20+,21+,22+,25+,35-/m0/s1. The first-order valence-corrected chi connectivity index (χ1v) is 20.0. The molecule has 1 aromatic heterocycles. The third-order valence-corrected chi connectivity index (χ3v) is 18.7. The van der Waals surface area contributed by atoms with Crippen molar-refractivity contribution in [3.63, 3.8) is 0 Å². The first kappa shape index (κ1) is 30.4. The van der Waals surface area contributed by atoms with Crippen LogP contribution in [0.1, 0.15) is 60.1 Å². The van der Waals surface area contributed by atoms with Gasteiger partial charge in [-0.05, 0) is 69.0 Å². The molecule has 2 saturated heterocycles. The molecule has 1 aromatic rings. The molecule has 3 fully saturated rings. The van der Waals surface area contributed by atoms with Crippen LogP contribution in [0.4, 0.5) is 4.39 Å². The molecule has 4 rings (SSSR count). The molecule has 0 unspecified atom stereocenters. The van der Waals surface area contributed by atoms with Crippen molar-refractivity contribution in [2.75, 3.05) is 6.61 Å². The first-order valence-electron chi connectivity index (χ1n) is 13.0. The Morgan fingerprint density at radius 2 is 2.11 bits per heavy atom. The van der Waals surface area contributed by atoms with Crippen LogP contribution in [0.3, 0.4) is 0 Å². The molecular formula is C25H40FN2O6PS2Si. The molecular weight excluding hydrogens is 566 g/mol. The van der Waals surface area contributed by atoms with E-state index in [0.29, 0.717) is 5.92 Å². The Morgan fingerprint density at radius 3 is 2.71 bits per heavy atom. The zero-order chi connectivity index (χ0) is 28.3. The van der Waals surface area contributed by atoms with Gasteiger partial charge in [-0.3, -0.25) is 14.3 Å². The van der Waals surface area contributed by atoms with Gasteiger partial charge in [-0.25, -0.2) is 9.18 Å². The lowest BCUT2D eigenvalue weighted by Gasteiger charge is -2.37. The molecule has 0 bridgehead atoms. The lowest BCUT2D eigenvalue weighted by Crippen LogP contribution is -2.44. The van der Waals surface area contributed by atoms with E-state index in [9.17, 15) is 9.59 Å². The second-order valence-electron chi connectivity index (χ2n) is 12.4. The Hall–Kier alpha value is -0.593. The maximum absolute atomic E-state index is 16.1. The van der Waals surface area contributed by atoms with Crippen molar-refractivity contribution in [3.8, 4) is 0 Å². The summed E-state index contributed by atoms with van der Waals surface area (Å²) in [5, 5.41) is -0.0624. The van der Waals surface area contributed by atoms with Gasteiger partial charge in [-0.1, -0.05) is 44.3 Å². The van der Waals surface area contributed by atoms with E-state index in [2.05, 4.69) is 52.4 Å². The Bertz CT molecular complexity index is 1240. The molecule has 8 atom stereocenters. The zero-order valence-corrected chi connectivity index (χ0v) is 26.7. The van der Waals surface area contributed by atoms with Gasteiger partial charge in [0.25, 0.3) is 5.56 Å². The maximum atomic E-state index is 16.1. The van der Waals surface area contributed by atoms with Crippen LogP contribution in [-0.2, 0) is 30.0 Å². The quantitative estimate of drug-likeness (QED) is 0.241. The highest BCUT2D eigenvalue weighted by Gasteiger charge is 2.57. The molecule has 0 spiro atoms. The Labute approximate surface area is 234 Å². The molecule has 3 aliphatic rings. The molecule has 2 aliphatic heterocycles. The summed E-state index contributed by atoms with van der Waals surface area (Å²) in [5.74, 6) is 0.362. The number of hydrogen-bond acceptors (Lipinski definition) is 8. The fourth-order valence-corrected chi connectivity index (χ4v) is 13.4. The van der Waals surface area contributed by atoms with Crippen molar-refractivity contribution in [2.24, 2.45) is 5.92 Å². The van der Waals surface area contributed by atoms with Crippen molar-refractivity contribution in [2.45, 2.75) is 107 Å². The number of rotatable bonds is 7. The fourth-order valence-electron chi connectivity index (χ4n) is 4.89. The number of fused-ring (bicyclic) bond motifs is 1. The van der Waals surface area contributed by atoms with E-state index in [-0.39, 0.29) is 22.5 Å². The molecule has 1 N–H and O–H groups in total. The number of aromatic amines is 1. The number of nitrogens with one attached hydrogen (secondary N) is 1. The molecule has 0 aromatic carbocycles. The molecule has 214 valence electrons. The van der Waals surface area contributed by atoms with Gasteiger partial charge >= 0.3 is 5.69 Å². The van der Waals surface area contributed by atoms with Crippen LogP contribution in [-0.4, -0.2) is 53.7 Å². The SMILES string of the molecule is C=C(C)[C@H]1CC[C@@]2(C)S[P@](=S)(O[C@H]3[C@@H](F)[C@H](n4ccc(=O)[nH]c4=O)O[C@@H]3CO[Si](C)(C)C(C)(C)C)O[C@@H]2C1. The van der Waals surface area contributed by atoms with Gasteiger partial charge in [0.05, 0.1) is 12.7 Å². The lowest BCUT2D eigenvalue weighted by atomic mass is 9.77. The summed E-state index contributed by atoms with van der Waals surface area (Å²) in [6.07, 6.45) is -1.07. The third kappa shape index (κ3) is 6.03. The topological polar surface area (TPSA) is 91.8 Å². The maximum Gasteiger partial charge on any atom is 0.330 e. The van der Waals surface area contributed by atoms with Gasteiger partial charge in [0.15, 0.2) is 20.7 Å². The van der Waals surface area contributed by atoms with E-state index in [0.717, 1.165) is 35.5 Å². The molecule has 0 amide bonds. The predicted octanol–water partition coefficient (Wildman–Crippen LogP) is 5.67. The third-order valence-electron chi connectivity index (χ3n) is 8.50. The first-order chi connectivity index (χ1) is 17.4. The molecule has 1 aliphatic carbocycles. The summed E-state index contributed by atoms with van der Waals surface area (Å²) in [5.41, 5.74) is -3.14. The Morgan fingerprint density at radius 1 is 1.42 bits per heavy atom. The van der Waals surface area contributed by atoms with E-state index < -0.39 is 49.9 Å². The van der Waals surface area contributed by atoms with Crippen LogP contribution in [0.5, 0.6) is 0 Å². The van der Waals surface area contributed by atoms with Gasteiger partial charge in [0.1, 0.15) is 12.2 Å². The summed E-state index contributed by atoms with van der Waals surface area (Å²) in [4.78, 5) is 26.2. The van der Waals surface area contributed by atoms with Crippen molar-refractivity contribution in [1.29, 1.82) is 0 Å². The Kier molecular flexibility index (Phi) is 8.53. The van der Waals surface area contributed by atoms with Crippen LogP contribution in [0.2, 0.25) is 18.1 Å². The van der Waals surface area contributed by atoms with E-state index in [1.54, 1.807) is 0 Å². The molecule has 13 heteroatoms. The second kappa shape index (κ2) is 10.7. The van der Waals surface area contributed by atoms with E-state index in [1.165, 1.54) is 17.6 Å². The van der Waals surface area contributed by atoms with E-state index in [1.807, 2.05) is 6.92 Å². The highest BCUT2D eigenvalue weighted by molar-refractivity contribution is 8.68. The van der Waals surface area contributed by atoms with E-state index in [4.69, 9.17) is 30.0 Å². The Balaban J connectivity index is 1.59. The lowest BCUT2D eigenvalue weighted by molar-refractivity contribution is -0.0448. The van der Waals surface area contributed by atoms with Gasteiger partial charge < -0.3 is 18.2 Å². The summed E-state index contributed by atoms with van der Waals surface area (Å²) in [7, 11) is -2.20. The number of alkyl halides is 1.